The van der Waals surface area contributed by atoms with Crippen LogP contribution in [0.5, 0.6) is 0 Å². The Morgan fingerprint density at radius 1 is 1.08 bits per heavy atom. The highest BCUT2D eigenvalue weighted by Gasteiger charge is 2.24. The maximum atomic E-state index is 8.90. The van der Waals surface area contributed by atoms with Gasteiger partial charge in [0, 0.05) is 31.9 Å². The molecule has 2 aliphatic heterocycles. The number of nitrogens with zero attached hydrogens (tertiary/aromatic N) is 3. The minimum absolute atomic E-state index is 0.368. The molecule has 4 heteroatoms. The molecule has 2 atom stereocenters. The second kappa shape index (κ2) is 8.00. The molecule has 2 saturated heterocycles. The molecule has 130 valence electrons. The highest BCUT2D eigenvalue weighted by molar-refractivity contribution is 5.49. The number of ether oxygens (including phenoxy) is 1. The molecule has 1 aromatic rings. The van der Waals surface area contributed by atoms with Gasteiger partial charge in [0.25, 0.3) is 0 Å². The Bertz CT molecular complexity index is 547. The predicted octanol–water partition coefficient (Wildman–Crippen LogP) is 3.27. The number of morpholine rings is 1. The summed E-state index contributed by atoms with van der Waals surface area (Å²) in [7, 11) is 0. The molecular weight excluding hydrogens is 298 g/mol. The third kappa shape index (κ3) is 4.49. The van der Waals surface area contributed by atoms with Crippen molar-refractivity contribution >= 4 is 5.69 Å². The molecular formula is C20H29N3O. The topological polar surface area (TPSA) is 39.5 Å². The second-order valence-electron chi connectivity index (χ2n) is 7.39. The summed E-state index contributed by atoms with van der Waals surface area (Å²) in [5.41, 5.74) is 1.99. The van der Waals surface area contributed by atoms with E-state index in [0.29, 0.717) is 12.2 Å². The van der Waals surface area contributed by atoms with Gasteiger partial charge in [-0.15, -0.1) is 0 Å². The van der Waals surface area contributed by atoms with Crippen molar-refractivity contribution in [2.45, 2.75) is 45.3 Å². The highest BCUT2D eigenvalue weighted by Crippen LogP contribution is 2.26. The van der Waals surface area contributed by atoms with Crippen molar-refractivity contribution in [1.29, 1.82) is 5.26 Å². The van der Waals surface area contributed by atoms with E-state index in [1.165, 1.54) is 31.5 Å². The van der Waals surface area contributed by atoms with Gasteiger partial charge in [-0.05, 0) is 69.8 Å². The van der Waals surface area contributed by atoms with Crippen molar-refractivity contribution < 1.29 is 4.74 Å². The quantitative estimate of drug-likeness (QED) is 0.851. The van der Waals surface area contributed by atoms with Crippen LogP contribution in [0.1, 0.15) is 38.7 Å². The summed E-state index contributed by atoms with van der Waals surface area (Å²) in [6.07, 6.45) is 4.59. The van der Waals surface area contributed by atoms with E-state index in [-0.39, 0.29) is 0 Å². The lowest BCUT2D eigenvalue weighted by Crippen LogP contribution is -2.46. The van der Waals surface area contributed by atoms with Gasteiger partial charge in [0.05, 0.1) is 23.8 Å². The predicted molar refractivity (Wildman–Crippen MR) is 97.2 cm³/mol. The van der Waals surface area contributed by atoms with Crippen molar-refractivity contribution in [3.05, 3.63) is 29.8 Å². The summed E-state index contributed by atoms with van der Waals surface area (Å²) in [6, 6.07) is 10.2. The lowest BCUT2D eigenvalue weighted by molar-refractivity contribution is -0.0690. The van der Waals surface area contributed by atoms with Crippen LogP contribution in [0.15, 0.2) is 24.3 Å². The molecule has 1 aromatic carbocycles. The first-order valence-electron chi connectivity index (χ1n) is 9.27. The van der Waals surface area contributed by atoms with Crippen molar-refractivity contribution in [3.63, 3.8) is 0 Å². The molecule has 2 fully saturated rings. The van der Waals surface area contributed by atoms with Gasteiger partial charge in [0.15, 0.2) is 0 Å². The highest BCUT2D eigenvalue weighted by atomic mass is 16.5. The molecule has 2 unspecified atom stereocenters. The lowest BCUT2D eigenvalue weighted by Gasteiger charge is -2.37. The zero-order chi connectivity index (χ0) is 16.9. The van der Waals surface area contributed by atoms with E-state index in [4.69, 9.17) is 10.00 Å². The van der Waals surface area contributed by atoms with E-state index in [1.54, 1.807) is 0 Å². The Labute approximate surface area is 146 Å². The first kappa shape index (κ1) is 17.3. The van der Waals surface area contributed by atoms with Gasteiger partial charge >= 0.3 is 0 Å². The Hall–Kier alpha value is -1.57. The fraction of sp³-hybridized carbons (Fsp3) is 0.650. The Morgan fingerprint density at radius 2 is 1.71 bits per heavy atom. The molecule has 24 heavy (non-hydrogen) atoms. The van der Waals surface area contributed by atoms with Crippen LogP contribution in [0.3, 0.4) is 0 Å². The average molecular weight is 327 g/mol. The Morgan fingerprint density at radius 3 is 2.29 bits per heavy atom. The number of nitriles is 1. The summed E-state index contributed by atoms with van der Waals surface area (Å²) < 4.78 is 5.82. The van der Waals surface area contributed by atoms with Crippen LogP contribution in [0.2, 0.25) is 0 Å². The molecule has 0 bridgehead atoms. The molecule has 2 heterocycles. The summed E-state index contributed by atoms with van der Waals surface area (Å²) >= 11 is 0. The van der Waals surface area contributed by atoms with Gasteiger partial charge in [-0.25, -0.2) is 0 Å². The molecule has 3 rings (SSSR count). The SMILES string of the molecule is CC1CN(CCC2CCN(c3ccc(C#N)cc3)CC2)CC(C)O1. The first-order chi connectivity index (χ1) is 11.6. The zero-order valence-electron chi connectivity index (χ0n) is 14.9. The molecule has 0 aliphatic carbocycles. The third-order valence-corrected chi connectivity index (χ3v) is 5.32. The van der Waals surface area contributed by atoms with Crippen molar-refractivity contribution in [2.24, 2.45) is 5.92 Å². The van der Waals surface area contributed by atoms with Gasteiger partial charge in [-0.1, -0.05) is 0 Å². The molecule has 0 aromatic heterocycles. The van der Waals surface area contributed by atoms with Gasteiger partial charge in [-0.3, -0.25) is 4.90 Å². The maximum absolute atomic E-state index is 8.90. The second-order valence-corrected chi connectivity index (χ2v) is 7.39. The molecule has 0 spiro atoms. The zero-order valence-corrected chi connectivity index (χ0v) is 14.9. The molecule has 0 amide bonds. The number of anilines is 1. The van der Waals surface area contributed by atoms with Gasteiger partial charge in [0.1, 0.15) is 0 Å². The number of hydrogen-bond donors (Lipinski definition) is 0. The Balaban J connectivity index is 1.42. The molecule has 0 radical (unpaired) electrons. The lowest BCUT2D eigenvalue weighted by atomic mass is 9.93. The summed E-state index contributed by atoms with van der Waals surface area (Å²) in [6.45, 7) is 9.98. The monoisotopic (exact) mass is 327 g/mol. The van der Waals surface area contributed by atoms with Gasteiger partial charge in [0.2, 0.25) is 0 Å². The van der Waals surface area contributed by atoms with Crippen molar-refractivity contribution in [2.75, 3.05) is 37.6 Å². The summed E-state index contributed by atoms with van der Waals surface area (Å²) in [4.78, 5) is 5.03. The van der Waals surface area contributed by atoms with Crippen molar-refractivity contribution in [3.8, 4) is 6.07 Å². The largest absolute Gasteiger partial charge is 0.373 e. The minimum Gasteiger partial charge on any atom is -0.373 e. The van der Waals surface area contributed by atoms with E-state index in [0.717, 1.165) is 37.7 Å². The van der Waals surface area contributed by atoms with Gasteiger partial charge < -0.3 is 9.64 Å². The Kier molecular flexibility index (Phi) is 5.76. The summed E-state index contributed by atoms with van der Waals surface area (Å²) in [5, 5.41) is 8.90. The fourth-order valence-electron chi connectivity index (χ4n) is 4.06. The molecule has 2 aliphatic rings. The van der Waals surface area contributed by atoms with Gasteiger partial charge in [-0.2, -0.15) is 5.26 Å². The van der Waals surface area contributed by atoms with E-state index in [2.05, 4.69) is 41.8 Å². The summed E-state index contributed by atoms with van der Waals surface area (Å²) in [5.74, 6) is 0.841. The molecule has 0 saturated carbocycles. The number of hydrogen-bond acceptors (Lipinski definition) is 4. The van der Waals surface area contributed by atoms with E-state index in [9.17, 15) is 0 Å². The third-order valence-electron chi connectivity index (χ3n) is 5.32. The van der Waals surface area contributed by atoms with Crippen molar-refractivity contribution in [1.82, 2.24) is 4.90 Å². The smallest absolute Gasteiger partial charge is 0.0991 e. The molecule has 4 nitrogen and oxygen atoms in total. The number of benzene rings is 1. The molecule has 0 N–H and O–H groups in total. The van der Waals surface area contributed by atoms with Crippen LogP contribution < -0.4 is 4.90 Å². The van der Waals surface area contributed by atoms with E-state index < -0.39 is 0 Å². The first-order valence-corrected chi connectivity index (χ1v) is 9.27. The average Bonchev–Trinajstić information content (AvgIpc) is 2.60. The van der Waals surface area contributed by atoms with Crippen LogP contribution in [-0.2, 0) is 4.74 Å². The normalized spacial score (nSPS) is 26.3. The van der Waals surface area contributed by atoms with Crippen LogP contribution in [0.4, 0.5) is 5.69 Å². The standard InChI is InChI=1S/C20H29N3O/c1-16-14-22(15-17(2)24-16)10-7-18-8-11-23(12-9-18)20-5-3-19(13-21)4-6-20/h3-6,16-18H,7-12,14-15H2,1-2H3. The fourth-order valence-corrected chi connectivity index (χ4v) is 4.06. The van der Waals surface area contributed by atoms with Crippen LogP contribution in [0, 0.1) is 17.2 Å². The minimum atomic E-state index is 0.368. The number of rotatable bonds is 4. The van der Waals surface area contributed by atoms with Crippen LogP contribution in [-0.4, -0.2) is 49.8 Å². The van der Waals surface area contributed by atoms with Crippen LogP contribution >= 0.6 is 0 Å². The maximum Gasteiger partial charge on any atom is 0.0991 e. The van der Waals surface area contributed by atoms with Crippen LogP contribution in [0.25, 0.3) is 0 Å². The van der Waals surface area contributed by atoms with E-state index >= 15 is 0 Å². The van der Waals surface area contributed by atoms with E-state index in [1.807, 2.05) is 12.1 Å². The number of piperidine rings is 1.